The van der Waals surface area contributed by atoms with Gasteiger partial charge < -0.3 is 25.4 Å². The van der Waals surface area contributed by atoms with Crippen LogP contribution in [-0.2, 0) is 9.53 Å². The Morgan fingerprint density at radius 2 is 1.95 bits per heavy atom. The summed E-state index contributed by atoms with van der Waals surface area (Å²) in [6.07, 6.45) is -5.18. The number of esters is 1. The zero-order valence-corrected chi connectivity index (χ0v) is 23.5. The van der Waals surface area contributed by atoms with Gasteiger partial charge in [0.25, 0.3) is 0 Å². The van der Waals surface area contributed by atoms with E-state index in [1.54, 1.807) is 6.92 Å². The summed E-state index contributed by atoms with van der Waals surface area (Å²) in [4.78, 5) is 22.3. The highest BCUT2D eigenvalue weighted by molar-refractivity contribution is 6.30. The molecule has 0 aliphatic carbocycles. The van der Waals surface area contributed by atoms with E-state index < -0.39 is 18.1 Å². The number of ether oxygens (including phenoxy) is 2. The molecule has 2 saturated heterocycles. The molecule has 2 aliphatic rings. The molecule has 1 spiro atoms. The van der Waals surface area contributed by atoms with Gasteiger partial charge in [-0.1, -0.05) is 29.8 Å². The molecular formula is C29H30ClF4N5O3. The minimum Gasteiger partial charge on any atom is -0.465 e. The molecule has 2 aromatic carbocycles. The van der Waals surface area contributed by atoms with Crippen LogP contribution in [0.2, 0.25) is 5.02 Å². The number of alkyl halides is 3. The van der Waals surface area contributed by atoms with Crippen molar-refractivity contribution in [1.29, 1.82) is 0 Å². The third-order valence-electron chi connectivity index (χ3n) is 7.76. The summed E-state index contributed by atoms with van der Waals surface area (Å²) >= 11 is 6.11. The van der Waals surface area contributed by atoms with Crippen LogP contribution in [0.3, 0.4) is 0 Å². The molecule has 2 atom stereocenters. The third-order valence-corrected chi connectivity index (χ3v) is 7.99. The molecule has 3 heterocycles. The highest BCUT2D eigenvalue weighted by atomic mass is 35.5. The van der Waals surface area contributed by atoms with Crippen molar-refractivity contribution in [1.82, 2.24) is 15.3 Å². The van der Waals surface area contributed by atoms with Gasteiger partial charge in [0.2, 0.25) is 17.9 Å². The first kappa shape index (κ1) is 29.8. The first-order chi connectivity index (χ1) is 20.0. The number of hydrogen-bond acceptors (Lipinski definition) is 8. The molecule has 0 saturated carbocycles. The first-order valence-electron chi connectivity index (χ1n) is 13.5. The standard InChI is InChI=1S/C29H30ClF4N5O3/c1-2-41-26(40)22-15-28(16-36-22)8-10-39(11-9-28)23-14-24(38-27(35)37-23)42-25(29(32,33)34)20-7-6-18(30)13-21(20)17-4-3-5-19(31)12-17/h3-7,12-14,22,25,36H,2,8-11,15-16H2,1H3,(H2,35,37,38)/t22?,25-/m1/s1. The average molecular weight is 608 g/mol. The number of nitrogen functional groups attached to an aromatic ring is 1. The second kappa shape index (κ2) is 11.9. The van der Waals surface area contributed by atoms with Gasteiger partial charge in [-0.15, -0.1) is 0 Å². The number of anilines is 2. The summed E-state index contributed by atoms with van der Waals surface area (Å²) in [6.45, 7) is 3.86. The fraction of sp³-hybridized carbons (Fsp3) is 0.414. The number of piperidine rings is 1. The fourth-order valence-corrected chi connectivity index (χ4v) is 5.83. The van der Waals surface area contributed by atoms with E-state index in [9.17, 15) is 22.4 Å². The quantitative estimate of drug-likeness (QED) is 0.260. The Hall–Kier alpha value is -3.64. The van der Waals surface area contributed by atoms with Crippen molar-refractivity contribution < 1.29 is 31.8 Å². The maximum absolute atomic E-state index is 14.5. The zero-order valence-electron chi connectivity index (χ0n) is 22.8. The molecule has 5 rings (SSSR count). The Kier molecular flexibility index (Phi) is 8.47. The number of aromatic nitrogens is 2. The van der Waals surface area contributed by atoms with Crippen LogP contribution in [0.1, 0.15) is 37.9 Å². The zero-order chi connectivity index (χ0) is 30.1. The number of nitrogens with two attached hydrogens (primary N) is 1. The number of carbonyl (C=O) groups is 1. The molecule has 0 radical (unpaired) electrons. The van der Waals surface area contributed by atoms with Crippen molar-refractivity contribution in [2.24, 2.45) is 5.41 Å². The van der Waals surface area contributed by atoms with E-state index in [-0.39, 0.29) is 51.0 Å². The third kappa shape index (κ3) is 6.54. The van der Waals surface area contributed by atoms with E-state index in [1.807, 2.05) is 4.90 Å². The van der Waals surface area contributed by atoms with Gasteiger partial charge in [0, 0.05) is 36.3 Å². The Balaban J connectivity index is 1.37. The smallest absolute Gasteiger partial charge is 0.429 e. The van der Waals surface area contributed by atoms with Crippen LogP contribution in [0.5, 0.6) is 5.88 Å². The fourth-order valence-electron chi connectivity index (χ4n) is 5.66. The molecule has 0 bridgehead atoms. The average Bonchev–Trinajstić information content (AvgIpc) is 3.35. The van der Waals surface area contributed by atoms with Gasteiger partial charge in [-0.05, 0) is 67.0 Å². The monoisotopic (exact) mass is 607 g/mol. The Bertz CT molecular complexity index is 1450. The summed E-state index contributed by atoms with van der Waals surface area (Å²) in [6, 6.07) is 10.0. The molecule has 42 heavy (non-hydrogen) atoms. The van der Waals surface area contributed by atoms with Gasteiger partial charge in [-0.2, -0.15) is 23.1 Å². The van der Waals surface area contributed by atoms with E-state index in [0.29, 0.717) is 38.5 Å². The van der Waals surface area contributed by atoms with Crippen molar-refractivity contribution in [3.63, 3.8) is 0 Å². The number of rotatable bonds is 7. The molecule has 3 N–H and O–H groups in total. The predicted octanol–water partition coefficient (Wildman–Crippen LogP) is 5.71. The minimum atomic E-state index is -4.86. The Labute approximate surface area is 245 Å². The number of benzene rings is 2. The summed E-state index contributed by atoms with van der Waals surface area (Å²) in [5, 5.41) is 3.44. The summed E-state index contributed by atoms with van der Waals surface area (Å²) in [5.41, 5.74) is 5.84. The second-order valence-electron chi connectivity index (χ2n) is 10.6. The minimum absolute atomic E-state index is 0.0687. The molecule has 3 aromatic rings. The van der Waals surface area contributed by atoms with Crippen LogP contribution in [0.25, 0.3) is 11.1 Å². The van der Waals surface area contributed by atoms with Gasteiger partial charge in [0.05, 0.1) is 6.61 Å². The van der Waals surface area contributed by atoms with E-state index in [2.05, 4.69) is 15.3 Å². The lowest BCUT2D eigenvalue weighted by Crippen LogP contribution is -2.41. The summed E-state index contributed by atoms with van der Waals surface area (Å²) in [5.74, 6) is -1.13. The number of hydrogen-bond donors (Lipinski definition) is 2. The lowest BCUT2D eigenvalue weighted by atomic mass is 9.76. The topological polar surface area (TPSA) is 103 Å². The van der Waals surface area contributed by atoms with Crippen LogP contribution in [-0.4, -0.2) is 54.4 Å². The van der Waals surface area contributed by atoms with E-state index in [0.717, 1.165) is 18.9 Å². The van der Waals surface area contributed by atoms with E-state index in [1.165, 1.54) is 42.5 Å². The van der Waals surface area contributed by atoms with Gasteiger partial charge in [-0.3, -0.25) is 4.79 Å². The highest BCUT2D eigenvalue weighted by Crippen LogP contribution is 2.43. The van der Waals surface area contributed by atoms with Crippen LogP contribution in [0, 0.1) is 11.2 Å². The van der Waals surface area contributed by atoms with Crippen LogP contribution < -0.4 is 20.7 Å². The SMILES string of the molecule is CCOC(=O)C1CC2(CCN(c3cc(O[C@H](c4ccc(Cl)cc4-c4cccc(F)c4)C(F)(F)F)nc(N)n3)CC2)CN1. The number of carbonyl (C=O) groups excluding carboxylic acids is 1. The van der Waals surface area contributed by atoms with Gasteiger partial charge in [-0.25, -0.2) is 4.39 Å². The highest BCUT2D eigenvalue weighted by Gasteiger charge is 2.46. The van der Waals surface area contributed by atoms with E-state index in [4.69, 9.17) is 26.8 Å². The van der Waals surface area contributed by atoms with Crippen molar-refractivity contribution in [3.05, 3.63) is 64.9 Å². The maximum Gasteiger partial charge on any atom is 0.429 e. The molecule has 1 aromatic heterocycles. The second-order valence-corrected chi connectivity index (χ2v) is 11.0. The number of halogens is 5. The van der Waals surface area contributed by atoms with Crippen molar-refractivity contribution in [2.45, 2.75) is 44.5 Å². The number of nitrogens with one attached hydrogen (secondary N) is 1. The molecule has 224 valence electrons. The van der Waals surface area contributed by atoms with Gasteiger partial charge >= 0.3 is 12.1 Å². The van der Waals surface area contributed by atoms with E-state index >= 15 is 0 Å². The van der Waals surface area contributed by atoms with Gasteiger partial charge in [0.15, 0.2) is 0 Å². The van der Waals surface area contributed by atoms with Crippen molar-refractivity contribution >= 4 is 29.3 Å². The van der Waals surface area contributed by atoms with Crippen molar-refractivity contribution in [3.8, 4) is 17.0 Å². The maximum atomic E-state index is 14.5. The molecule has 0 amide bonds. The first-order valence-corrected chi connectivity index (χ1v) is 13.9. The Morgan fingerprint density at radius 1 is 1.19 bits per heavy atom. The predicted molar refractivity (Wildman–Crippen MR) is 150 cm³/mol. The van der Waals surface area contributed by atoms with Crippen LogP contribution in [0.15, 0.2) is 48.5 Å². The number of nitrogens with zero attached hydrogens (tertiary/aromatic N) is 3. The largest absolute Gasteiger partial charge is 0.465 e. The molecule has 2 aliphatic heterocycles. The van der Waals surface area contributed by atoms with Crippen LogP contribution >= 0.6 is 11.6 Å². The molecule has 8 nitrogen and oxygen atoms in total. The lowest BCUT2D eigenvalue weighted by Gasteiger charge is -2.39. The summed E-state index contributed by atoms with van der Waals surface area (Å²) in [7, 11) is 0. The van der Waals surface area contributed by atoms with Crippen molar-refractivity contribution in [2.75, 3.05) is 36.9 Å². The lowest BCUT2D eigenvalue weighted by molar-refractivity contribution is -0.198. The summed E-state index contributed by atoms with van der Waals surface area (Å²) < 4.78 is 68.0. The van der Waals surface area contributed by atoms with Gasteiger partial charge in [0.1, 0.15) is 17.7 Å². The molecular weight excluding hydrogens is 578 g/mol. The normalized spacial score (nSPS) is 19.1. The van der Waals surface area contributed by atoms with Crippen LogP contribution in [0.4, 0.5) is 29.3 Å². The molecule has 13 heteroatoms. The Morgan fingerprint density at radius 3 is 2.64 bits per heavy atom. The molecule has 2 fully saturated rings. The molecule has 1 unspecified atom stereocenters.